The minimum absolute atomic E-state index is 0.0471. The average Bonchev–Trinajstić information content (AvgIpc) is 3.13. The summed E-state index contributed by atoms with van der Waals surface area (Å²) in [5.41, 5.74) is 1.35. The number of hydrogen-bond donors (Lipinski definition) is 2. The number of likely N-dealkylation sites (tertiary alicyclic amines) is 1. The number of amides is 1. The fraction of sp³-hybridized carbons (Fsp3) is 0.261. The molecule has 1 aliphatic rings. The molecule has 1 saturated heterocycles. The van der Waals surface area contributed by atoms with Crippen molar-refractivity contribution in [3.05, 3.63) is 78.4 Å². The van der Waals surface area contributed by atoms with Gasteiger partial charge in [0.1, 0.15) is 12.3 Å². The highest BCUT2D eigenvalue weighted by Crippen LogP contribution is 2.20. The maximum atomic E-state index is 12.3. The second-order valence-electron chi connectivity index (χ2n) is 7.22. The third-order valence-electron chi connectivity index (χ3n) is 5.13. The zero-order chi connectivity index (χ0) is 18.5. The molecule has 1 heterocycles. The van der Waals surface area contributed by atoms with Gasteiger partial charge in [-0.25, -0.2) is 0 Å². The summed E-state index contributed by atoms with van der Waals surface area (Å²) in [5, 5.41) is 5.40. The van der Waals surface area contributed by atoms with E-state index in [1.165, 1.54) is 15.8 Å². The van der Waals surface area contributed by atoms with E-state index in [0.717, 1.165) is 37.2 Å². The third kappa shape index (κ3) is 4.66. The van der Waals surface area contributed by atoms with Gasteiger partial charge in [-0.2, -0.15) is 0 Å². The minimum atomic E-state index is -0.0471. The molecule has 138 valence electrons. The Morgan fingerprint density at radius 2 is 1.78 bits per heavy atom. The number of fused-ring (bicyclic) bond motifs is 1. The molecule has 27 heavy (non-hydrogen) atoms. The molecule has 0 aliphatic carbocycles. The number of carbonyl (C=O) groups excluding carboxylic acids is 1. The number of carbonyl (C=O) groups is 1. The number of benzene rings is 3. The normalized spacial score (nSPS) is 19.1. The van der Waals surface area contributed by atoms with Crippen molar-refractivity contribution in [1.82, 2.24) is 5.32 Å². The van der Waals surface area contributed by atoms with Crippen LogP contribution in [0, 0.1) is 0 Å². The zero-order valence-corrected chi connectivity index (χ0v) is 15.4. The van der Waals surface area contributed by atoms with E-state index in [-0.39, 0.29) is 18.6 Å². The van der Waals surface area contributed by atoms with Gasteiger partial charge in [-0.1, -0.05) is 60.7 Å². The number of ether oxygens (including phenoxy) is 1. The molecule has 1 unspecified atom stereocenters. The molecule has 0 radical (unpaired) electrons. The van der Waals surface area contributed by atoms with Gasteiger partial charge in [0, 0.05) is 12.0 Å². The molecule has 0 bridgehead atoms. The minimum Gasteiger partial charge on any atom is -0.484 e. The summed E-state index contributed by atoms with van der Waals surface area (Å²) >= 11 is 0. The van der Waals surface area contributed by atoms with Gasteiger partial charge in [0.25, 0.3) is 5.91 Å². The third-order valence-corrected chi connectivity index (χ3v) is 5.13. The second-order valence-corrected chi connectivity index (χ2v) is 7.22. The molecule has 1 fully saturated rings. The monoisotopic (exact) mass is 361 g/mol. The highest BCUT2D eigenvalue weighted by Gasteiger charge is 2.27. The number of quaternary nitrogens is 1. The van der Waals surface area contributed by atoms with Crippen molar-refractivity contribution in [2.75, 3.05) is 19.7 Å². The van der Waals surface area contributed by atoms with Crippen LogP contribution in [0.3, 0.4) is 0 Å². The highest BCUT2D eigenvalue weighted by atomic mass is 16.5. The van der Waals surface area contributed by atoms with Crippen LogP contribution in [0.25, 0.3) is 10.8 Å². The van der Waals surface area contributed by atoms with E-state index in [1.54, 1.807) is 0 Å². The van der Waals surface area contributed by atoms with Gasteiger partial charge >= 0.3 is 0 Å². The summed E-state index contributed by atoms with van der Waals surface area (Å²) < 4.78 is 5.69. The van der Waals surface area contributed by atoms with E-state index >= 15 is 0 Å². The van der Waals surface area contributed by atoms with Crippen LogP contribution in [0.1, 0.15) is 12.0 Å². The second kappa shape index (κ2) is 8.23. The van der Waals surface area contributed by atoms with Crippen LogP contribution in [0.2, 0.25) is 0 Å². The van der Waals surface area contributed by atoms with Gasteiger partial charge < -0.3 is 15.0 Å². The zero-order valence-electron chi connectivity index (χ0n) is 15.4. The van der Waals surface area contributed by atoms with Crippen LogP contribution in [0.4, 0.5) is 0 Å². The maximum Gasteiger partial charge on any atom is 0.258 e. The van der Waals surface area contributed by atoms with Gasteiger partial charge in [-0.3, -0.25) is 4.79 Å². The predicted molar refractivity (Wildman–Crippen MR) is 107 cm³/mol. The molecule has 0 saturated carbocycles. The van der Waals surface area contributed by atoms with E-state index in [4.69, 9.17) is 4.74 Å². The molecule has 3 aromatic rings. The van der Waals surface area contributed by atoms with E-state index in [2.05, 4.69) is 35.6 Å². The van der Waals surface area contributed by atoms with Crippen molar-refractivity contribution < 1.29 is 14.4 Å². The Morgan fingerprint density at radius 3 is 2.63 bits per heavy atom. The fourth-order valence-corrected chi connectivity index (χ4v) is 3.77. The summed E-state index contributed by atoms with van der Waals surface area (Å²) in [4.78, 5) is 13.8. The lowest BCUT2D eigenvalue weighted by molar-refractivity contribution is -0.901. The molecule has 1 amide bonds. The topological polar surface area (TPSA) is 42.8 Å². The molecule has 4 rings (SSSR count). The van der Waals surface area contributed by atoms with E-state index in [1.807, 2.05) is 42.5 Å². The van der Waals surface area contributed by atoms with Gasteiger partial charge in [0.2, 0.25) is 0 Å². The highest BCUT2D eigenvalue weighted by molar-refractivity contribution is 5.84. The van der Waals surface area contributed by atoms with Crippen molar-refractivity contribution in [1.29, 1.82) is 0 Å². The van der Waals surface area contributed by atoms with Crippen LogP contribution in [-0.4, -0.2) is 31.6 Å². The molecule has 4 heteroatoms. The van der Waals surface area contributed by atoms with Crippen LogP contribution in [0.5, 0.6) is 5.75 Å². The van der Waals surface area contributed by atoms with Gasteiger partial charge in [-0.05, 0) is 22.9 Å². The first-order valence-corrected chi connectivity index (χ1v) is 9.55. The number of hydrogen-bond acceptors (Lipinski definition) is 2. The Kier molecular flexibility index (Phi) is 5.35. The first-order valence-electron chi connectivity index (χ1n) is 9.55. The lowest BCUT2D eigenvalue weighted by Gasteiger charge is -2.14. The Hall–Kier alpha value is -2.85. The van der Waals surface area contributed by atoms with E-state index in [0.29, 0.717) is 0 Å². The summed E-state index contributed by atoms with van der Waals surface area (Å²) in [7, 11) is 0. The quantitative estimate of drug-likeness (QED) is 0.707. The van der Waals surface area contributed by atoms with Crippen LogP contribution < -0.4 is 15.0 Å². The summed E-state index contributed by atoms with van der Waals surface area (Å²) in [6, 6.07) is 24.8. The molecular weight excluding hydrogens is 336 g/mol. The first-order chi connectivity index (χ1) is 13.3. The standard InChI is InChI=1S/C23H24N2O2/c26-23(17-27-22-11-10-19-8-4-5-9-20(19)14-22)24-21-12-13-25(16-21)15-18-6-2-1-3-7-18/h1-11,14,21H,12-13,15-17H2,(H,24,26)/p+1/t21-/m1/s1. The summed E-state index contributed by atoms with van der Waals surface area (Å²) in [5.74, 6) is 0.681. The van der Waals surface area contributed by atoms with Crippen molar-refractivity contribution in [2.45, 2.75) is 19.0 Å². The van der Waals surface area contributed by atoms with E-state index < -0.39 is 0 Å². The van der Waals surface area contributed by atoms with Gasteiger partial charge in [0.15, 0.2) is 6.61 Å². The lowest BCUT2D eigenvalue weighted by Crippen LogP contribution is -3.09. The Labute approximate surface area is 159 Å². The molecule has 0 aromatic heterocycles. The largest absolute Gasteiger partial charge is 0.484 e. The van der Waals surface area contributed by atoms with Gasteiger partial charge in [0.05, 0.1) is 19.1 Å². The predicted octanol–water partition coefficient (Wildman–Crippen LogP) is 2.19. The first kappa shape index (κ1) is 17.6. The molecule has 0 spiro atoms. The number of nitrogens with one attached hydrogen (secondary N) is 2. The number of rotatable bonds is 6. The molecule has 1 aliphatic heterocycles. The van der Waals surface area contributed by atoms with Crippen molar-refractivity contribution in [2.24, 2.45) is 0 Å². The van der Waals surface area contributed by atoms with Crippen molar-refractivity contribution >= 4 is 16.7 Å². The van der Waals surface area contributed by atoms with Crippen LogP contribution >= 0.6 is 0 Å². The van der Waals surface area contributed by atoms with Crippen LogP contribution in [0.15, 0.2) is 72.8 Å². The molecule has 2 atom stereocenters. The Bertz CT molecular complexity index is 910. The van der Waals surface area contributed by atoms with Crippen molar-refractivity contribution in [3.63, 3.8) is 0 Å². The fourth-order valence-electron chi connectivity index (χ4n) is 3.77. The molecule has 2 N–H and O–H groups in total. The summed E-state index contributed by atoms with van der Waals surface area (Å²) in [6.45, 7) is 3.13. The Balaban J connectivity index is 1.24. The molecule has 4 nitrogen and oxygen atoms in total. The van der Waals surface area contributed by atoms with E-state index in [9.17, 15) is 4.79 Å². The molecular formula is C23H25N2O2+. The Morgan fingerprint density at radius 1 is 1.00 bits per heavy atom. The molecule has 3 aromatic carbocycles. The van der Waals surface area contributed by atoms with Crippen molar-refractivity contribution in [3.8, 4) is 5.75 Å². The lowest BCUT2D eigenvalue weighted by atomic mass is 10.1. The average molecular weight is 361 g/mol. The smallest absolute Gasteiger partial charge is 0.258 e. The SMILES string of the molecule is O=C(COc1ccc2ccccc2c1)N[C@@H]1CC[NH+](Cc2ccccc2)C1. The summed E-state index contributed by atoms with van der Waals surface area (Å²) in [6.07, 6.45) is 1.02. The van der Waals surface area contributed by atoms with Gasteiger partial charge in [-0.15, -0.1) is 0 Å². The maximum absolute atomic E-state index is 12.3. The van der Waals surface area contributed by atoms with Crippen LogP contribution in [-0.2, 0) is 11.3 Å².